The normalized spacial score (nSPS) is 10.3. The maximum absolute atomic E-state index is 12.0. The molecule has 0 unspecified atom stereocenters. The Balaban J connectivity index is 1.98. The van der Waals surface area contributed by atoms with Gasteiger partial charge in [-0.3, -0.25) is 4.79 Å². The highest BCUT2D eigenvalue weighted by molar-refractivity contribution is 6.35. The van der Waals surface area contributed by atoms with Crippen molar-refractivity contribution in [3.8, 4) is 5.75 Å². The standard InChI is InChI=1S/C17H18Cl2N2O2/c1-11-4-6-13(9-15(11)21(2)3)20-17(22)10-23-16-7-5-12(18)8-14(16)19/h4-9H,10H2,1-3H3,(H,20,22). The van der Waals surface area contributed by atoms with Gasteiger partial charge in [0.2, 0.25) is 0 Å². The van der Waals surface area contributed by atoms with Gasteiger partial charge in [0.1, 0.15) is 5.75 Å². The number of ether oxygens (including phenoxy) is 1. The highest BCUT2D eigenvalue weighted by Crippen LogP contribution is 2.27. The van der Waals surface area contributed by atoms with Crippen LogP contribution in [0.1, 0.15) is 5.56 Å². The summed E-state index contributed by atoms with van der Waals surface area (Å²) < 4.78 is 5.41. The van der Waals surface area contributed by atoms with Crippen molar-refractivity contribution in [2.75, 3.05) is 30.9 Å². The van der Waals surface area contributed by atoms with Gasteiger partial charge >= 0.3 is 0 Å². The molecule has 1 N–H and O–H groups in total. The second-order valence-electron chi connectivity index (χ2n) is 5.31. The zero-order valence-electron chi connectivity index (χ0n) is 13.2. The maximum atomic E-state index is 12.0. The van der Waals surface area contributed by atoms with E-state index in [1.54, 1.807) is 18.2 Å². The first-order valence-electron chi connectivity index (χ1n) is 7.02. The number of aryl methyl sites for hydroxylation is 1. The van der Waals surface area contributed by atoms with Gasteiger partial charge in [-0.1, -0.05) is 29.3 Å². The quantitative estimate of drug-likeness (QED) is 0.867. The number of carbonyl (C=O) groups excluding carboxylic acids is 1. The van der Waals surface area contributed by atoms with E-state index in [0.717, 1.165) is 16.9 Å². The summed E-state index contributed by atoms with van der Waals surface area (Å²) in [5.74, 6) is 0.161. The number of hydrogen-bond donors (Lipinski definition) is 1. The molecule has 0 saturated heterocycles. The lowest BCUT2D eigenvalue weighted by atomic mass is 10.1. The fraction of sp³-hybridized carbons (Fsp3) is 0.235. The molecule has 1 amide bonds. The van der Waals surface area contributed by atoms with Gasteiger partial charge in [-0.25, -0.2) is 0 Å². The third kappa shape index (κ3) is 4.78. The van der Waals surface area contributed by atoms with Crippen LogP contribution in [0.15, 0.2) is 36.4 Å². The lowest BCUT2D eigenvalue weighted by molar-refractivity contribution is -0.118. The molecule has 122 valence electrons. The molecule has 0 spiro atoms. The molecule has 4 nitrogen and oxygen atoms in total. The molecule has 0 saturated carbocycles. The molecule has 0 bridgehead atoms. The van der Waals surface area contributed by atoms with E-state index >= 15 is 0 Å². The van der Waals surface area contributed by atoms with Crippen molar-refractivity contribution in [3.63, 3.8) is 0 Å². The third-order valence-electron chi connectivity index (χ3n) is 3.23. The van der Waals surface area contributed by atoms with E-state index in [9.17, 15) is 4.79 Å². The molecule has 0 heterocycles. The molecule has 2 aromatic carbocycles. The Morgan fingerprint density at radius 2 is 1.91 bits per heavy atom. The van der Waals surface area contributed by atoms with E-state index in [0.29, 0.717) is 15.8 Å². The van der Waals surface area contributed by atoms with E-state index in [2.05, 4.69) is 5.32 Å². The van der Waals surface area contributed by atoms with E-state index in [1.165, 1.54) is 0 Å². The molecule has 0 aliphatic rings. The van der Waals surface area contributed by atoms with Gasteiger partial charge in [-0.15, -0.1) is 0 Å². The summed E-state index contributed by atoms with van der Waals surface area (Å²) in [6.07, 6.45) is 0. The first kappa shape index (κ1) is 17.4. The van der Waals surface area contributed by atoms with Crippen LogP contribution in [0.2, 0.25) is 10.0 Å². The van der Waals surface area contributed by atoms with Crippen LogP contribution in [0.3, 0.4) is 0 Å². The van der Waals surface area contributed by atoms with Crippen LogP contribution in [0.5, 0.6) is 5.75 Å². The van der Waals surface area contributed by atoms with Gasteiger partial charge in [0, 0.05) is 30.5 Å². The molecule has 2 rings (SSSR count). The number of halogens is 2. The molecule has 23 heavy (non-hydrogen) atoms. The second-order valence-corrected chi connectivity index (χ2v) is 6.15. The average molecular weight is 353 g/mol. The summed E-state index contributed by atoms with van der Waals surface area (Å²) in [5, 5.41) is 3.69. The average Bonchev–Trinajstić information content (AvgIpc) is 2.48. The Morgan fingerprint density at radius 3 is 2.57 bits per heavy atom. The molecule has 0 aromatic heterocycles. The van der Waals surface area contributed by atoms with Gasteiger partial charge in [0.25, 0.3) is 5.91 Å². The van der Waals surface area contributed by atoms with Gasteiger partial charge in [0.15, 0.2) is 6.61 Å². The zero-order chi connectivity index (χ0) is 17.0. The highest BCUT2D eigenvalue weighted by Gasteiger charge is 2.08. The van der Waals surface area contributed by atoms with Crippen molar-refractivity contribution in [1.29, 1.82) is 0 Å². The monoisotopic (exact) mass is 352 g/mol. The van der Waals surface area contributed by atoms with E-state index in [4.69, 9.17) is 27.9 Å². The summed E-state index contributed by atoms with van der Waals surface area (Å²) >= 11 is 11.8. The molecule has 2 aromatic rings. The van der Waals surface area contributed by atoms with Gasteiger partial charge in [-0.05, 0) is 42.8 Å². The number of amides is 1. The van der Waals surface area contributed by atoms with Crippen LogP contribution < -0.4 is 15.0 Å². The topological polar surface area (TPSA) is 41.6 Å². The summed E-state index contributed by atoms with van der Waals surface area (Å²) in [5.41, 5.74) is 2.90. The Kier molecular flexibility index (Phi) is 5.74. The van der Waals surface area contributed by atoms with Crippen molar-refractivity contribution >= 4 is 40.5 Å². The molecule has 0 fully saturated rings. The van der Waals surface area contributed by atoms with E-state index in [1.807, 2.05) is 44.1 Å². The van der Waals surface area contributed by atoms with Crippen molar-refractivity contribution in [2.24, 2.45) is 0 Å². The van der Waals surface area contributed by atoms with Gasteiger partial charge in [0.05, 0.1) is 5.02 Å². The molecule has 6 heteroatoms. The van der Waals surface area contributed by atoms with Crippen LogP contribution in [-0.2, 0) is 4.79 Å². The minimum Gasteiger partial charge on any atom is -0.482 e. The number of carbonyl (C=O) groups is 1. The van der Waals surface area contributed by atoms with Crippen LogP contribution in [-0.4, -0.2) is 26.6 Å². The largest absolute Gasteiger partial charge is 0.482 e. The molecule has 0 aliphatic carbocycles. The highest BCUT2D eigenvalue weighted by atomic mass is 35.5. The van der Waals surface area contributed by atoms with Crippen molar-refractivity contribution in [2.45, 2.75) is 6.92 Å². The molecule has 0 radical (unpaired) electrons. The predicted octanol–water partition coefficient (Wildman–Crippen LogP) is 4.39. The van der Waals surface area contributed by atoms with Gasteiger partial charge in [-0.2, -0.15) is 0 Å². The van der Waals surface area contributed by atoms with Gasteiger partial charge < -0.3 is 15.0 Å². The number of hydrogen-bond acceptors (Lipinski definition) is 3. The number of benzene rings is 2. The summed E-state index contributed by atoms with van der Waals surface area (Å²) in [6, 6.07) is 10.6. The molecule has 0 aliphatic heterocycles. The van der Waals surface area contributed by atoms with Crippen LogP contribution in [0, 0.1) is 6.92 Å². The maximum Gasteiger partial charge on any atom is 0.262 e. The predicted molar refractivity (Wildman–Crippen MR) is 96.1 cm³/mol. The number of rotatable bonds is 5. The zero-order valence-corrected chi connectivity index (χ0v) is 14.7. The van der Waals surface area contributed by atoms with E-state index < -0.39 is 0 Å². The number of nitrogens with one attached hydrogen (secondary N) is 1. The number of nitrogens with zero attached hydrogens (tertiary/aromatic N) is 1. The molecular formula is C17H18Cl2N2O2. The molecule has 0 atom stereocenters. The lowest BCUT2D eigenvalue weighted by Gasteiger charge is -2.17. The Labute approximate surface area is 146 Å². The van der Waals surface area contributed by atoms with Crippen molar-refractivity contribution in [3.05, 3.63) is 52.0 Å². The molecular weight excluding hydrogens is 335 g/mol. The first-order valence-corrected chi connectivity index (χ1v) is 7.78. The summed E-state index contributed by atoms with van der Waals surface area (Å²) in [4.78, 5) is 14.0. The number of anilines is 2. The van der Waals surface area contributed by atoms with Crippen molar-refractivity contribution < 1.29 is 9.53 Å². The van der Waals surface area contributed by atoms with Crippen LogP contribution >= 0.6 is 23.2 Å². The first-order chi connectivity index (χ1) is 10.9. The SMILES string of the molecule is Cc1ccc(NC(=O)COc2ccc(Cl)cc2Cl)cc1N(C)C. The Morgan fingerprint density at radius 1 is 1.17 bits per heavy atom. The van der Waals surface area contributed by atoms with E-state index in [-0.39, 0.29) is 12.5 Å². The second kappa shape index (κ2) is 7.57. The lowest BCUT2D eigenvalue weighted by Crippen LogP contribution is -2.20. The minimum absolute atomic E-state index is 0.132. The minimum atomic E-state index is -0.260. The Hall–Kier alpha value is -1.91. The fourth-order valence-electron chi connectivity index (χ4n) is 2.10. The van der Waals surface area contributed by atoms with Crippen LogP contribution in [0.25, 0.3) is 0 Å². The fourth-order valence-corrected chi connectivity index (χ4v) is 2.56. The third-order valence-corrected chi connectivity index (χ3v) is 3.76. The summed E-state index contributed by atoms with van der Waals surface area (Å²) in [7, 11) is 3.92. The summed E-state index contributed by atoms with van der Waals surface area (Å²) in [6.45, 7) is 1.89. The smallest absolute Gasteiger partial charge is 0.262 e. The van der Waals surface area contributed by atoms with Crippen molar-refractivity contribution in [1.82, 2.24) is 0 Å². The van der Waals surface area contributed by atoms with Crippen LogP contribution in [0.4, 0.5) is 11.4 Å². The Bertz CT molecular complexity index is 718.